The maximum absolute atomic E-state index is 13.1. The highest BCUT2D eigenvalue weighted by molar-refractivity contribution is 7.92. The molecule has 0 saturated heterocycles. The average Bonchev–Trinajstić information content (AvgIpc) is 2.98. The number of sulfonamides is 1. The Labute approximate surface area is 136 Å². The zero-order valence-electron chi connectivity index (χ0n) is 11.5. The van der Waals surface area contributed by atoms with Gasteiger partial charge in [-0.2, -0.15) is 0 Å². The van der Waals surface area contributed by atoms with Crippen LogP contribution in [0.15, 0.2) is 64.0 Å². The van der Waals surface area contributed by atoms with Crippen LogP contribution in [0.3, 0.4) is 0 Å². The molecular formula is C15H10ClFN2O3S. The van der Waals surface area contributed by atoms with E-state index in [1.165, 1.54) is 6.07 Å². The molecule has 3 aromatic rings. The Balaban J connectivity index is 1.86. The van der Waals surface area contributed by atoms with Crippen LogP contribution in [0.4, 0.5) is 10.2 Å². The van der Waals surface area contributed by atoms with Crippen molar-refractivity contribution in [2.45, 2.75) is 4.90 Å². The molecule has 0 aliphatic heterocycles. The molecule has 0 radical (unpaired) electrons. The van der Waals surface area contributed by atoms with Crippen molar-refractivity contribution in [2.24, 2.45) is 0 Å². The number of anilines is 1. The molecule has 1 N–H and O–H groups in total. The van der Waals surface area contributed by atoms with Gasteiger partial charge in [-0.1, -0.05) is 47.1 Å². The second kappa shape index (κ2) is 6.02. The lowest BCUT2D eigenvalue weighted by Crippen LogP contribution is -2.13. The van der Waals surface area contributed by atoms with Crippen LogP contribution in [-0.4, -0.2) is 13.6 Å². The highest BCUT2D eigenvalue weighted by Crippen LogP contribution is 2.25. The predicted octanol–water partition coefficient (Wildman–Crippen LogP) is 3.93. The third-order valence-corrected chi connectivity index (χ3v) is 4.65. The van der Waals surface area contributed by atoms with Gasteiger partial charge in [-0.25, -0.2) is 12.8 Å². The van der Waals surface area contributed by atoms with E-state index in [4.69, 9.17) is 16.1 Å². The zero-order valence-corrected chi connectivity index (χ0v) is 13.1. The number of nitrogens with one attached hydrogen (secondary N) is 1. The summed E-state index contributed by atoms with van der Waals surface area (Å²) in [7, 11) is -3.95. The van der Waals surface area contributed by atoms with Gasteiger partial charge in [0.2, 0.25) is 0 Å². The minimum Gasteiger partial charge on any atom is -0.354 e. The quantitative estimate of drug-likeness (QED) is 0.772. The first-order valence-electron chi connectivity index (χ1n) is 6.46. The van der Waals surface area contributed by atoms with Crippen molar-refractivity contribution in [3.8, 4) is 11.3 Å². The van der Waals surface area contributed by atoms with Gasteiger partial charge >= 0.3 is 0 Å². The third kappa shape index (κ3) is 3.35. The topological polar surface area (TPSA) is 72.2 Å². The number of halogens is 2. The molecule has 0 unspecified atom stereocenters. The Morgan fingerprint density at radius 1 is 1.09 bits per heavy atom. The standard InChI is InChI=1S/C15H10ClFN2O3S/c16-12-8-11(6-7-13(12)17)23(20,21)19-15-9-14(22-18-15)10-4-2-1-3-5-10/h1-9H,(H,18,19). The molecule has 5 nitrogen and oxygen atoms in total. The van der Waals surface area contributed by atoms with Crippen molar-refractivity contribution in [1.82, 2.24) is 5.16 Å². The van der Waals surface area contributed by atoms with E-state index in [0.717, 1.165) is 23.8 Å². The largest absolute Gasteiger partial charge is 0.354 e. The van der Waals surface area contributed by atoms with Gasteiger partial charge in [0.05, 0.1) is 9.92 Å². The lowest BCUT2D eigenvalue weighted by atomic mass is 10.2. The number of hydrogen-bond acceptors (Lipinski definition) is 4. The van der Waals surface area contributed by atoms with E-state index in [2.05, 4.69) is 9.88 Å². The van der Waals surface area contributed by atoms with Gasteiger partial charge in [0, 0.05) is 11.6 Å². The minimum absolute atomic E-state index is 0.0179. The van der Waals surface area contributed by atoms with Gasteiger partial charge in [0.25, 0.3) is 10.0 Å². The number of hydrogen-bond donors (Lipinski definition) is 1. The molecule has 0 aliphatic carbocycles. The van der Waals surface area contributed by atoms with E-state index in [0.29, 0.717) is 5.76 Å². The van der Waals surface area contributed by atoms with Gasteiger partial charge in [-0.15, -0.1) is 0 Å². The first kappa shape index (κ1) is 15.5. The zero-order chi connectivity index (χ0) is 16.4. The number of nitrogens with zero attached hydrogens (tertiary/aromatic N) is 1. The summed E-state index contributed by atoms with van der Waals surface area (Å²) in [6.07, 6.45) is 0. The van der Waals surface area contributed by atoms with Crippen LogP contribution in [0.1, 0.15) is 0 Å². The second-order valence-corrected chi connectivity index (χ2v) is 6.71. The number of benzene rings is 2. The van der Waals surface area contributed by atoms with Crippen LogP contribution in [0.2, 0.25) is 5.02 Å². The fourth-order valence-electron chi connectivity index (χ4n) is 1.90. The van der Waals surface area contributed by atoms with E-state index in [-0.39, 0.29) is 15.7 Å². The first-order chi connectivity index (χ1) is 11.0. The highest BCUT2D eigenvalue weighted by atomic mass is 35.5. The minimum atomic E-state index is -3.95. The molecule has 0 atom stereocenters. The Hall–Kier alpha value is -2.38. The summed E-state index contributed by atoms with van der Waals surface area (Å²) in [5, 5.41) is 3.39. The van der Waals surface area contributed by atoms with Gasteiger partial charge in [0.15, 0.2) is 11.6 Å². The van der Waals surface area contributed by atoms with Crippen LogP contribution in [-0.2, 0) is 10.0 Å². The number of aromatic nitrogens is 1. The van der Waals surface area contributed by atoms with Crippen LogP contribution in [0.5, 0.6) is 0 Å². The van der Waals surface area contributed by atoms with Crippen molar-refractivity contribution < 1.29 is 17.3 Å². The maximum atomic E-state index is 13.1. The Morgan fingerprint density at radius 3 is 2.52 bits per heavy atom. The maximum Gasteiger partial charge on any atom is 0.263 e. The van der Waals surface area contributed by atoms with Crippen LogP contribution in [0, 0.1) is 5.82 Å². The Kier molecular flexibility index (Phi) is 4.06. The fourth-order valence-corrected chi connectivity index (χ4v) is 3.16. The van der Waals surface area contributed by atoms with Crippen molar-refractivity contribution in [2.75, 3.05) is 4.72 Å². The molecule has 0 saturated carbocycles. The summed E-state index contributed by atoms with van der Waals surface area (Å²) in [5.74, 6) is -0.261. The average molecular weight is 353 g/mol. The molecule has 8 heteroatoms. The molecule has 0 fully saturated rings. The summed E-state index contributed by atoms with van der Waals surface area (Å²) in [4.78, 5) is -0.173. The molecule has 0 spiro atoms. The molecule has 1 aromatic heterocycles. The molecule has 3 rings (SSSR count). The third-order valence-electron chi connectivity index (χ3n) is 3.01. The smallest absolute Gasteiger partial charge is 0.263 e. The molecule has 118 valence electrons. The van der Waals surface area contributed by atoms with E-state index in [9.17, 15) is 12.8 Å². The van der Waals surface area contributed by atoms with Crippen LogP contribution >= 0.6 is 11.6 Å². The molecule has 23 heavy (non-hydrogen) atoms. The monoisotopic (exact) mass is 352 g/mol. The summed E-state index contributed by atoms with van der Waals surface area (Å²) in [6, 6.07) is 13.7. The van der Waals surface area contributed by atoms with Gasteiger partial charge < -0.3 is 4.52 Å². The molecule has 0 bridgehead atoms. The summed E-state index contributed by atoms with van der Waals surface area (Å²) < 4.78 is 45.0. The van der Waals surface area contributed by atoms with Crippen molar-refractivity contribution in [3.63, 3.8) is 0 Å². The second-order valence-electron chi connectivity index (χ2n) is 4.62. The van der Waals surface area contributed by atoms with E-state index >= 15 is 0 Å². The number of rotatable bonds is 4. The van der Waals surface area contributed by atoms with Crippen LogP contribution in [0.25, 0.3) is 11.3 Å². The lowest BCUT2D eigenvalue weighted by molar-refractivity contribution is 0.435. The van der Waals surface area contributed by atoms with Gasteiger partial charge in [-0.3, -0.25) is 4.72 Å². The van der Waals surface area contributed by atoms with Crippen molar-refractivity contribution >= 4 is 27.4 Å². The van der Waals surface area contributed by atoms with Crippen molar-refractivity contribution in [1.29, 1.82) is 0 Å². The van der Waals surface area contributed by atoms with Crippen molar-refractivity contribution in [3.05, 3.63) is 65.4 Å². The van der Waals surface area contributed by atoms with E-state index in [1.807, 2.05) is 18.2 Å². The fraction of sp³-hybridized carbons (Fsp3) is 0. The van der Waals surface area contributed by atoms with Gasteiger partial charge in [-0.05, 0) is 18.2 Å². The van der Waals surface area contributed by atoms with E-state index in [1.54, 1.807) is 12.1 Å². The summed E-state index contributed by atoms with van der Waals surface area (Å²) in [6.45, 7) is 0. The first-order valence-corrected chi connectivity index (χ1v) is 8.32. The molecule has 0 amide bonds. The molecular weight excluding hydrogens is 343 g/mol. The summed E-state index contributed by atoms with van der Waals surface area (Å²) >= 11 is 5.61. The summed E-state index contributed by atoms with van der Waals surface area (Å²) in [5.41, 5.74) is 0.760. The molecule has 1 heterocycles. The Bertz CT molecular complexity index is 942. The SMILES string of the molecule is O=S(=O)(Nc1cc(-c2ccccc2)on1)c1ccc(F)c(Cl)c1. The lowest BCUT2D eigenvalue weighted by Gasteiger charge is -2.05. The van der Waals surface area contributed by atoms with E-state index < -0.39 is 15.8 Å². The van der Waals surface area contributed by atoms with Gasteiger partial charge in [0.1, 0.15) is 5.82 Å². The molecule has 0 aliphatic rings. The predicted molar refractivity (Wildman–Crippen MR) is 84.2 cm³/mol. The van der Waals surface area contributed by atoms with Crippen LogP contribution < -0.4 is 4.72 Å². The molecule has 2 aromatic carbocycles. The highest BCUT2D eigenvalue weighted by Gasteiger charge is 2.18. The Morgan fingerprint density at radius 2 is 1.83 bits per heavy atom. The normalized spacial score (nSPS) is 11.4.